The fourth-order valence-electron chi connectivity index (χ4n) is 0.354. The summed E-state index contributed by atoms with van der Waals surface area (Å²) in [5, 5.41) is 0.850. The third-order valence-electron chi connectivity index (χ3n) is 0.723. The first-order chi connectivity index (χ1) is 5.91. The SMILES string of the molecule is O=P(Cl)(OC(Br)CBr)SC(Br)CBr. The molecule has 0 spiro atoms. The van der Waals surface area contributed by atoms with E-state index in [-0.39, 0.29) is 9.17 Å². The average molecular weight is 504 g/mol. The van der Waals surface area contributed by atoms with Gasteiger partial charge in [-0.25, -0.2) is 0 Å². The quantitative estimate of drug-likeness (QED) is 0.362. The van der Waals surface area contributed by atoms with Gasteiger partial charge in [-0.2, -0.15) is 0 Å². The molecule has 0 saturated carbocycles. The van der Waals surface area contributed by atoms with E-state index in [9.17, 15) is 4.57 Å². The van der Waals surface area contributed by atoms with Crippen LogP contribution >= 0.6 is 92.3 Å². The molecule has 0 aromatic carbocycles. The first-order valence-electron chi connectivity index (χ1n) is 2.98. The van der Waals surface area contributed by atoms with E-state index in [0.717, 1.165) is 11.4 Å². The lowest BCUT2D eigenvalue weighted by atomic mass is 10.9. The second kappa shape index (κ2) is 7.93. The van der Waals surface area contributed by atoms with Crippen LogP contribution in [0.25, 0.3) is 0 Å². The van der Waals surface area contributed by atoms with Crippen molar-refractivity contribution in [3.05, 3.63) is 0 Å². The van der Waals surface area contributed by atoms with Crippen molar-refractivity contribution in [3.8, 4) is 0 Å². The Bertz CT molecular complexity index is 181. The summed E-state index contributed by atoms with van der Waals surface area (Å²) in [6.07, 6.45) is 0. The summed E-state index contributed by atoms with van der Waals surface area (Å²) < 4.78 is 16.6. The molecule has 0 aromatic rings. The molecule has 9 heteroatoms. The molecule has 80 valence electrons. The topological polar surface area (TPSA) is 26.3 Å². The average Bonchev–Trinajstić information content (AvgIpc) is 2.02. The van der Waals surface area contributed by atoms with Gasteiger partial charge in [-0.15, -0.1) is 0 Å². The summed E-state index contributed by atoms with van der Waals surface area (Å²) in [5.74, 6) is -3.10. The first-order valence-corrected chi connectivity index (χ1v) is 11.1. The molecule has 13 heavy (non-hydrogen) atoms. The number of alkyl halides is 4. The smallest absolute Gasteiger partial charge is 0.294 e. The molecule has 0 fully saturated rings. The van der Waals surface area contributed by atoms with Gasteiger partial charge in [0.1, 0.15) is 5.01 Å². The Morgan fingerprint density at radius 1 is 1.38 bits per heavy atom. The summed E-state index contributed by atoms with van der Waals surface area (Å²) in [4.78, 5) is 0. The van der Waals surface area contributed by atoms with Gasteiger partial charge in [0.2, 0.25) is 0 Å². The molecule has 0 rings (SSSR count). The predicted octanol–water partition coefficient (Wildman–Crippen LogP) is 5.31. The summed E-state index contributed by atoms with van der Waals surface area (Å²) in [6.45, 7) is 0. The maximum absolute atomic E-state index is 11.6. The van der Waals surface area contributed by atoms with Crippen LogP contribution in [0.4, 0.5) is 0 Å². The third-order valence-corrected chi connectivity index (χ3v) is 10.6. The Morgan fingerprint density at radius 3 is 2.31 bits per heavy atom. The Labute approximate surface area is 120 Å². The first kappa shape index (κ1) is 15.8. The maximum atomic E-state index is 11.6. The van der Waals surface area contributed by atoms with E-state index in [4.69, 9.17) is 15.8 Å². The zero-order valence-electron chi connectivity index (χ0n) is 6.13. The van der Waals surface area contributed by atoms with Gasteiger partial charge in [0.25, 0.3) is 0 Å². The van der Waals surface area contributed by atoms with Crippen LogP contribution in [0.2, 0.25) is 0 Å². The minimum Gasteiger partial charge on any atom is -0.294 e. The van der Waals surface area contributed by atoms with Crippen molar-refractivity contribution in [2.24, 2.45) is 0 Å². The van der Waals surface area contributed by atoms with Crippen molar-refractivity contribution >= 4 is 92.3 Å². The molecule has 0 amide bonds. The van der Waals surface area contributed by atoms with Gasteiger partial charge in [-0.1, -0.05) is 63.7 Å². The Morgan fingerprint density at radius 2 is 1.92 bits per heavy atom. The van der Waals surface area contributed by atoms with Crippen LogP contribution in [0.15, 0.2) is 0 Å². The van der Waals surface area contributed by atoms with Crippen molar-refractivity contribution < 1.29 is 9.09 Å². The lowest BCUT2D eigenvalue weighted by Gasteiger charge is -2.15. The number of hydrogen-bond donors (Lipinski definition) is 0. The molecule has 2 nitrogen and oxygen atoms in total. The van der Waals surface area contributed by atoms with Crippen molar-refractivity contribution in [2.75, 3.05) is 10.7 Å². The number of rotatable bonds is 6. The van der Waals surface area contributed by atoms with Crippen LogP contribution in [0, 0.1) is 0 Å². The normalized spacial score (nSPS) is 20.7. The van der Waals surface area contributed by atoms with Gasteiger partial charge in [-0.05, 0) is 22.6 Å². The molecule has 0 saturated heterocycles. The Kier molecular flexibility index (Phi) is 9.61. The molecule has 0 aliphatic rings. The highest BCUT2D eigenvalue weighted by Gasteiger charge is 2.27. The largest absolute Gasteiger partial charge is 0.348 e. The maximum Gasteiger partial charge on any atom is 0.348 e. The molecule has 0 N–H and O–H groups in total. The summed E-state index contributed by atoms with van der Waals surface area (Å²) in [5.41, 5.74) is 0. The van der Waals surface area contributed by atoms with Crippen molar-refractivity contribution in [3.63, 3.8) is 0 Å². The second-order valence-corrected chi connectivity index (χ2v) is 11.7. The molecule has 3 unspecified atom stereocenters. The Balaban J connectivity index is 4.00. The van der Waals surface area contributed by atoms with E-state index < -0.39 is 5.92 Å². The van der Waals surface area contributed by atoms with E-state index in [0.29, 0.717) is 10.7 Å². The Hall–Kier alpha value is 2.75. The highest BCUT2D eigenvalue weighted by Crippen LogP contribution is 2.67. The predicted molar refractivity (Wildman–Crippen MR) is 75.2 cm³/mol. The molecule has 0 radical (unpaired) electrons. The molecule has 0 heterocycles. The zero-order chi connectivity index (χ0) is 10.5. The zero-order valence-corrected chi connectivity index (χ0v) is 14.9. The molecule has 0 aromatic heterocycles. The molecular weight excluding hydrogens is 498 g/mol. The van der Waals surface area contributed by atoms with Crippen LogP contribution in [-0.4, -0.2) is 19.8 Å². The van der Waals surface area contributed by atoms with Crippen molar-refractivity contribution in [1.82, 2.24) is 0 Å². The van der Waals surface area contributed by atoms with E-state index in [1.54, 1.807) is 0 Å². The van der Waals surface area contributed by atoms with Crippen molar-refractivity contribution in [2.45, 2.75) is 9.17 Å². The minimum absolute atomic E-state index is 0.0224. The molecule has 0 aliphatic carbocycles. The molecule has 0 bridgehead atoms. The van der Waals surface area contributed by atoms with Crippen molar-refractivity contribution in [1.29, 1.82) is 0 Å². The fourth-order valence-corrected chi connectivity index (χ4v) is 9.26. The van der Waals surface area contributed by atoms with Crippen LogP contribution in [0.3, 0.4) is 0 Å². The summed E-state index contributed by atoms with van der Waals surface area (Å²) >= 11 is 19.6. The van der Waals surface area contributed by atoms with Gasteiger partial charge in [-0.3, -0.25) is 9.09 Å². The van der Waals surface area contributed by atoms with Crippen LogP contribution in [0.1, 0.15) is 0 Å². The fraction of sp³-hybridized carbons (Fsp3) is 1.00. The molecular formula is C4H6Br4ClO2PS. The lowest BCUT2D eigenvalue weighted by molar-refractivity contribution is 0.337. The monoisotopic (exact) mass is 500 g/mol. The van der Waals surface area contributed by atoms with Crippen LogP contribution < -0.4 is 0 Å². The highest BCUT2D eigenvalue weighted by molar-refractivity contribution is 9.14. The van der Waals surface area contributed by atoms with E-state index in [2.05, 4.69) is 63.7 Å². The number of halogens is 5. The molecule has 3 atom stereocenters. The van der Waals surface area contributed by atoms with Gasteiger partial charge in [0, 0.05) is 10.7 Å². The summed E-state index contributed by atoms with van der Waals surface area (Å²) in [7, 11) is 0. The number of hydrogen-bond acceptors (Lipinski definition) is 3. The van der Waals surface area contributed by atoms with E-state index in [1.165, 1.54) is 0 Å². The lowest BCUT2D eigenvalue weighted by Crippen LogP contribution is -2.01. The highest BCUT2D eigenvalue weighted by atomic mass is 79.9. The summed E-state index contributed by atoms with van der Waals surface area (Å²) in [6, 6.07) is 0. The van der Waals surface area contributed by atoms with E-state index in [1.807, 2.05) is 0 Å². The van der Waals surface area contributed by atoms with Crippen LogP contribution in [-0.2, 0) is 9.09 Å². The second-order valence-electron chi connectivity index (χ2n) is 1.77. The van der Waals surface area contributed by atoms with E-state index >= 15 is 0 Å². The standard InChI is InChI=1S/C4H6Br4ClO2PS/c5-1-3(7)11-12(9,10)13-4(8)2-6/h3-4H,1-2H2. The third kappa shape index (κ3) is 8.55. The van der Waals surface area contributed by atoms with Gasteiger partial charge in [0.15, 0.2) is 0 Å². The minimum atomic E-state index is -3.10. The van der Waals surface area contributed by atoms with Crippen LogP contribution in [0.5, 0.6) is 0 Å². The van der Waals surface area contributed by atoms with Gasteiger partial charge >= 0.3 is 5.92 Å². The van der Waals surface area contributed by atoms with Gasteiger partial charge in [0.05, 0.1) is 4.16 Å². The van der Waals surface area contributed by atoms with Gasteiger partial charge < -0.3 is 0 Å². The molecule has 0 aliphatic heterocycles.